The van der Waals surface area contributed by atoms with Crippen molar-refractivity contribution in [2.45, 2.75) is 18.3 Å². The Balaban J connectivity index is 2.27. The number of nitrogens with zero attached hydrogens (tertiary/aromatic N) is 1. The number of aromatic nitrogens is 2. The molecule has 2 aliphatic carbocycles. The number of hydrogen-bond acceptors (Lipinski definition) is 1. The van der Waals surface area contributed by atoms with Crippen LogP contribution in [0.4, 0.5) is 8.78 Å². The van der Waals surface area contributed by atoms with Gasteiger partial charge in [-0.15, -0.1) is 0 Å². The van der Waals surface area contributed by atoms with E-state index in [1.165, 1.54) is 0 Å². The van der Waals surface area contributed by atoms with E-state index in [2.05, 4.69) is 10.2 Å². The third kappa shape index (κ3) is 0.554. The van der Waals surface area contributed by atoms with Gasteiger partial charge in [0.25, 0.3) is 5.92 Å². The second kappa shape index (κ2) is 1.66. The lowest BCUT2D eigenvalue weighted by atomic mass is 10.2. The first kappa shape index (κ1) is 6.83. The van der Waals surface area contributed by atoms with Crippen LogP contribution >= 0.6 is 11.6 Å². The Morgan fingerprint density at radius 1 is 1.58 bits per heavy atom. The van der Waals surface area contributed by atoms with Crippen LogP contribution in [0.5, 0.6) is 0 Å². The summed E-state index contributed by atoms with van der Waals surface area (Å²) in [5, 5.41) is 6.09. The van der Waals surface area contributed by atoms with Gasteiger partial charge in [-0.1, -0.05) is 11.6 Å². The molecule has 2 atom stereocenters. The number of hydrogen-bond donors (Lipinski definition) is 1. The molecule has 3 rings (SSSR count). The van der Waals surface area contributed by atoms with E-state index in [-0.39, 0.29) is 16.8 Å². The van der Waals surface area contributed by atoms with Crippen molar-refractivity contribution in [2.75, 3.05) is 0 Å². The largest absolute Gasteiger partial charge is 0.292 e. The molecule has 1 N–H and O–H groups in total. The van der Waals surface area contributed by atoms with Crippen LogP contribution in [0.15, 0.2) is 0 Å². The summed E-state index contributed by atoms with van der Waals surface area (Å²) in [5.41, 5.74) is 0.486. The van der Waals surface area contributed by atoms with Gasteiger partial charge in [0, 0.05) is 11.5 Å². The second-order valence-electron chi connectivity index (χ2n) is 3.37. The summed E-state index contributed by atoms with van der Waals surface area (Å²) >= 11 is 5.66. The Kier molecular flexibility index (Phi) is 0.947. The molecule has 1 aromatic heterocycles. The molecule has 0 radical (unpaired) electrons. The standard InChI is InChI=1S/C7H5ClF2N2/c8-6-4-2-1-3(2)7(9,10)5(4)11-12-6/h2-3H,1H2,(H,11,12)/t2?,3-/m1/s1. The minimum atomic E-state index is -2.72. The van der Waals surface area contributed by atoms with Crippen molar-refractivity contribution in [2.24, 2.45) is 5.92 Å². The Morgan fingerprint density at radius 2 is 2.33 bits per heavy atom. The molecule has 0 bridgehead atoms. The first-order chi connectivity index (χ1) is 5.62. The summed E-state index contributed by atoms with van der Waals surface area (Å²) < 4.78 is 26.5. The fourth-order valence-electron chi connectivity index (χ4n) is 2.02. The van der Waals surface area contributed by atoms with Gasteiger partial charge in [0.05, 0.1) is 0 Å². The van der Waals surface area contributed by atoms with Gasteiger partial charge < -0.3 is 0 Å². The van der Waals surface area contributed by atoms with Crippen molar-refractivity contribution in [1.82, 2.24) is 10.2 Å². The van der Waals surface area contributed by atoms with Crippen molar-refractivity contribution in [3.05, 3.63) is 16.4 Å². The lowest BCUT2D eigenvalue weighted by Gasteiger charge is -2.09. The van der Waals surface area contributed by atoms with Crippen LogP contribution < -0.4 is 0 Å². The molecule has 5 heteroatoms. The predicted molar refractivity (Wildman–Crippen MR) is 38.3 cm³/mol. The molecule has 2 aliphatic rings. The zero-order valence-corrected chi connectivity index (χ0v) is 6.70. The number of alkyl halides is 2. The molecule has 0 aromatic carbocycles. The van der Waals surface area contributed by atoms with Crippen molar-refractivity contribution in [3.63, 3.8) is 0 Å². The lowest BCUT2D eigenvalue weighted by molar-refractivity contribution is -0.0268. The highest BCUT2D eigenvalue weighted by molar-refractivity contribution is 6.30. The summed E-state index contributed by atoms with van der Waals surface area (Å²) in [6.07, 6.45) is 0.555. The van der Waals surface area contributed by atoms with Gasteiger partial charge in [-0.3, -0.25) is 5.10 Å². The molecular formula is C7H5ClF2N2. The van der Waals surface area contributed by atoms with Crippen LogP contribution in [0.2, 0.25) is 5.15 Å². The number of halogens is 3. The third-order valence-corrected chi connectivity index (χ3v) is 3.01. The summed E-state index contributed by atoms with van der Waals surface area (Å²) in [5.74, 6) is -3.28. The minimum absolute atomic E-state index is 0.0405. The zero-order valence-electron chi connectivity index (χ0n) is 5.94. The topological polar surface area (TPSA) is 28.7 Å². The van der Waals surface area contributed by atoms with Crippen molar-refractivity contribution in [3.8, 4) is 0 Å². The number of fused-ring (bicyclic) bond motifs is 3. The van der Waals surface area contributed by atoms with Crippen LogP contribution in [-0.2, 0) is 5.92 Å². The van der Waals surface area contributed by atoms with E-state index in [9.17, 15) is 8.78 Å². The van der Waals surface area contributed by atoms with Gasteiger partial charge in [0.2, 0.25) is 0 Å². The summed E-state index contributed by atoms with van der Waals surface area (Å²) in [6.45, 7) is 0. The third-order valence-electron chi connectivity index (χ3n) is 2.72. The fourth-order valence-corrected chi connectivity index (χ4v) is 2.30. The Bertz CT molecular complexity index is 360. The number of aromatic amines is 1. The molecule has 64 valence electrons. The van der Waals surface area contributed by atoms with Crippen LogP contribution in [0, 0.1) is 5.92 Å². The van der Waals surface area contributed by atoms with Crippen molar-refractivity contribution >= 4 is 11.6 Å². The molecule has 1 fully saturated rings. The van der Waals surface area contributed by atoms with E-state index in [1.807, 2.05) is 0 Å². The molecule has 0 spiro atoms. The normalized spacial score (nSPS) is 34.6. The molecule has 0 amide bonds. The summed E-state index contributed by atoms with van der Waals surface area (Å²) in [4.78, 5) is 0. The zero-order chi connectivity index (χ0) is 8.51. The highest BCUT2D eigenvalue weighted by Gasteiger charge is 2.65. The first-order valence-corrected chi connectivity index (χ1v) is 4.12. The maximum Gasteiger partial charge on any atom is 0.292 e. The monoisotopic (exact) mass is 190 g/mol. The molecule has 1 heterocycles. The predicted octanol–water partition coefficient (Wildman–Crippen LogP) is 2.27. The number of H-pyrrole nitrogens is 1. The number of nitrogens with one attached hydrogen (secondary N) is 1. The fraction of sp³-hybridized carbons (Fsp3) is 0.571. The lowest BCUT2D eigenvalue weighted by Crippen LogP contribution is -2.13. The quantitative estimate of drug-likeness (QED) is 0.668. The molecule has 1 unspecified atom stereocenters. The Morgan fingerprint density at radius 3 is 3.00 bits per heavy atom. The SMILES string of the molecule is FC1(F)c2[nH]nc(Cl)c2C2C[C@H]21. The van der Waals surface area contributed by atoms with E-state index in [4.69, 9.17) is 11.6 Å². The van der Waals surface area contributed by atoms with Gasteiger partial charge in [0.1, 0.15) is 5.69 Å². The van der Waals surface area contributed by atoms with Crippen LogP contribution in [0.1, 0.15) is 23.6 Å². The molecule has 2 nitrogen and oxygen atoms in total. The van der Waals surface area contributed by atoms with Crippen molar-refractivity contribution < 1.29 is 8.78 Å². The summed E-state index contributed by atoms with van der Waals surface area (Å²) in [7, 11) is 0. The van der Waals surface area contributed by atoms with E-state index < -0.39 is 11.8 Å². The maximum absolute atomic E-state index is 13.3. The first-order valence-electron chi connectivity index (χ1n) is 3.74. The maximum atomic E-state index is 13.3. The van der Waals surface area contributed by atoms with Crippen molar-refractivity contribution in [1.29, 1.82) is 0 Å². The van der Waals surface area contributed by atoms with Gasteiger partial charge in [-0.25, -0.2) is 0 Å². The molecular weight excluding hydrogens is 186 g/mol. The molecule has 1 aromatic rings. The second-order valence-corrected chi connectivity index (χ2v) is 3.73. The summed E-state index contributed by atoms with van der Waals surface area (Å²) in [6, 6.07) is 0. The van der Waals surface area contributed by atoms with Crippen LogP contribution in [0.3, 0.4) is 0 Å². The molecule has 0 saturated heterocycles. The minimum Gasteiger partial charge on any atom is -0.275 e. The van der Waals surface area contributed by atoms with Gasteiger partial charge in [0.15, 0.2) is 5.15 Å². The highest BCUT2D eigenvalue weighted by atomic mass is 35.5. The van der Waals surface area contributed by atoms with E-state index in [1.54, 1.807) is 0 Å². The van der Waals surface area contributed by atoms with Gasteiger partial charge >= 0.3 is 0 Å². The van der Waals surface area contributed by atoms with E-state index in [0.29, 0.717) is 12.0 Å². The van der Waals surface area contributed by atoms with E-state index >= 15 is 0 Å². The number of rotatable bonds is 0. The molecule has 0 aliphatic heterocycles. The average molecular weight is 191 g/mol. The van der Waals surface area contributed by atoms with E-state index in [0.717, 1.165) is 0 Å². The molecule has 12 heavy (non-hydrogen) atoms. The van der Waals surface area contributed by atoms with Gasteiger partial charge in [-0.05, 0) is 12.3 Å². The highest BCUT2D eigenvalue weighted by Crippen LogP contribution is 2.67. The molecule has 1 saturated carbocycles. The smallest absolute Gasteiger partial charge is 0.275 e. The average Bonchev–Trinajstić information content (AvgIpc) is 2.64. The Hall–Kier alpha value is -0.640. The Labute approximate surface area is 71.9 Å². The van der Waals surface area contributed by atoms with Gasteiger partial charge in [-0.2, -0.15) is 13.9 Å². The van der Waals surface area contributed by atoms with Crippen LogP contribution in [-0.4, -0.2) is 10.2 Å². The van der Waals surface area contributed by atoms with Crippen LogP contribution in [0.25, 0.3) is 0 Å².